The Morgan fingerprint density at radius 3 is 3.07 bits per heavy atom. The lowest BCUT2D eigenvalue weighted by Crippen LogP contribution is -2.20. The normalized spacial score (nSPS) is 10.7. The topological polar surface area (TPSA) is 34.1 Å². The van der Waals surface area contributed by atoms with Crippen molar-refractivity contribution in [3.05, 3.63) is 24.3 Å². The molecule has 0 aliphatic rings. The van der Waals surface area contributed by atoms with Crippen molar-refractivity contribution in [3.63, 3.8) is 0 Å². The second kappa shape index (κ2) is 5.09. The van der Waals surface area contributed by atoms with Crippen molar-refractivity contribution in [2.75, 3.05) is 19.7 Å². The molecule has 1 aromatic carbocycles. The first-order valence-electron chi connectivity index (χ1n) is 5.09. The van der Waals surface area contributed by atoms with Crippen molar-refractivity contribution in [3.8, 4) is 5.19 Å². The number of para-hydroxylation sites is 1. The minimum absolute atomic E-state index is 0.674. The highest BCUT2D eigenvalue weighted by atomic mass is 32.1. The van der Waals surface area contributed by atoms with Gasteiger partial charge < -0.3 is 10.1 Å². The van der Waals surface area contributed by atoms with Crippen LogP contribution in [0.5, 0.6) is 5.19 Å². The molecule has 0 saturated heterocycles. The van der Waals surface area contributed by atoms with E-state index in [0.29, 0.717) is 6.61 Å². The van der Waals surface area contributed by atoms with Crippen LogP contribution >= 0.6 is 11.3 Å². The van der Waals surface area contributed by atoms with E-state index in [1.165, 1.54) is 4.70 Å². The number of hydrogen-bond acceptors (Lipinski definition) is 4. The van der Waals surface area contributed by atoms with Crippen LogP contribution in [0.15, 0.2) is 24.3 Å². The number of ether oxygens (including phenoxy) is 1. The lowest BCUT2D eigenvalue weighted by Gasteiger charge is -2.01. The first kappa shape index (κ1) is 10.4. The third-order valence-electron chi connectivity index (χ3n) is 2.03. The maximum Gasteiger partial charge on any atom is 0.274 e. The molecular formula is C11H14N2OS. The van der Waals surface area contributed by atoms with Crippen LogP contribution < -0.4 is 10.1 Å². The minimum atomic E-state index is 0.674. The number of aromatic nitrogens is 1. The molecule has 0 saturated carbocycles. The molecule has 1 heterocycles. The molecule has 0 bridgehead atoms. The van der Waals surface area contributed by atoms with Gasteiger partial charge in [0.2, 0.25) is 0 Å². The molecule has 0 aliphatic carbocycles. The third-order valence-corrected chi connectivity index (χ3v) is 2.98. The van der Waals surface area contributed by atoms with Crippen molar-refractivity contribution in [1.82, 2.24) is 10.3 Å². The zero-order valence-corrected chi connectivity index (χ0v) is 9.51. The number of fused-ring (bicyclic) bond motifs is 1. The van der Waals surface area contributed by atoms with E-state index >= 15 is 0 Å². The lowest BCUT2D eigenvalue weighted by molar-refractivity contribution is 0.314. The van der Waals surface area contributed by atoms with E-state index in [4.69, 9.17) is 4.74 Å². The zero-order valence-electron chi connectivity index (χ0n) is 8.69. The summed E-state index contributed by atoms with van der Waals surface area (Å²) in [5, 5.41) is 3.96. The number of rotatable bonds is 5. The van der Waals surface area contributed by atoms with Gasteiger partial charge in [-0.05, 0) is 18.7 Å². The van der Waals surface area contributed by atoms with Gasteiger partial charge in [-0.1, -0.05) is 30.4 Å². The highest BCUT2D eigenvalue weighted by Crippen LogP contribution is 2.26. The fourth-order valence-corrected chi connectivity index (χ4v) is 2.14. The molecule has 3 nitrogen and oxygen atoms in total. The molecule has 0 aliphatic heterocycles. The maximum atomic E-state index is 5.54. The van der Waals surface area contributed by atoms with E-state index in [0.717, 1.165) is 23.8 Å². The van der Waals surface area contributed by atoms with Gasteiger partial charge in [0.25, 0.3) is 5.19 Å². The quantitative estimate of drug-likeness (QED) is 0.788. The summed E-state index contributed by atoms with van der Waals surface area (Å²) in [4.78, 5) is 4.38. The van der Waals surface area contributed by atoms with Gasteiger partial charge in [-0.2, -0.15) is 0 Å². The van der Waals surface area contributed by atoms with Gasteiger partial charge in [0.1, 0.15) is 6.61 Å². The fourth-order valence-electron chi connectivity index (χ4n) is 1.30. The second-order valence-electron chi connectivity index (χ2n) is 3.15. The largest absolute Gasteiger partial charge is 0.469 e. The van der Waals surface area contributed by atoms with Crippen molar-refractivity contribution in [1.29, 1.82) is 0 Å². The van der Waals surface area contributed by atoms with E-state index in [1.807, 2.05) is 18.2 Å². The number of hydrogen-bond donors (Lipinski definition) is 1. The van der Waals surface area contributed by atoms with Gasteiger partial charge in [-0.25, -0.2) is 4.98 Å². The minimum Gasteiger partial charge on any atom is -0.469 e. The summed E-state index contributed by atoms with van der Waals surface area (Å²) >= 11 is 1.59. The Hall–Kier alpha value is -1.13. The van der Waals surface area contributed by atoms with Gasteiger partial charge >= 0.3 is 0 Å². The Morgan fingerprint density at radius 2 is 2.27 bits per heavy atom. The smallest absolute Gasteiger partial charge is 0.274 e. The molecule has 15 heavy (non-hydrogen) atoms. The SMILES string of the molecule is CCNCCOc1nc2ccccc2s1. The van der Waals surface area contributed by atoms with Crippen LogP contribution in [0, 0.1) is 0 Å². The molecule has 2 aromatic rings. The molecule has 1 aromatic heterocycles. The molecule has 2 rings (SSSR count). The van der Waals surface area contributed by atoms with Crippen LogP contribution in [0.4, 0.5) is 0 Å². The van der Waals surface area contributed by atoms with Crippen molar-refractivity contribution >= 4 is 21.6 Å². The van der Waals surface area contributed by atoms with Crippen molar-refractivity contribution in [2.24, 2.45) is 0 Å². The second-order valence-corrected chi connectivity index (χ2v) is 4.14. The summed E-state index contributed by atoms with van der Waals surface area (Å²) in [7, 11) is 0. The summed E-state index contributed by atoms with van der Waals surface area (Å²) < 4.78 is 6.71. The Kier molecular flexibility index (Phi) is 3.53. The number of thiazole rings is 1. The van der Waals surface area contributed by atoms with Crippen LogP contribution in [0.25, 0.3) is 10.2 Å². The van der Waals surface area contributed by atoms with Crippen LogP contribution in [0.2, 0.25) is 0 Å². The van der Waals surface area contributed by atoms with Crippen LogP contribution in [-0.4, -0.2) is 24.7 Å². The average Bonchev–Trinajstić information content (AvgIpc) is 2.67. The zero-order chi connectivity index (χ0) is 10.5. The molecular weight excluding hydrogens is 208 g/mol. The Morgan fingerprint density at radius 1 is 1.40 bits per heavy atom. The van der Waals surface area contributed by atoms with Gasteiger partial charge in [0, 0.05) is 6.54 Å². The number of nitrogens with zero attached hydrogens (tertiary/aromatic N) is 1. The summed E-state index contributed by atoms with van der Waals surface area (Å²) in [5.74, 6) is 0. The van der Waals surface area contributed by atoms with Crippen LogP contribution in [0.3, 0.4) is 0 Å². The van der Waals surface area contributed by atoms with Gasteiger partial charge in [0.05, 0.1) is 10.2 Å². The number of benzene rings is 1. The van der Waals surface area contributed by atoms with E-state index in [9.17, 15) is 0 Å². The van der Waals surface area contributed by atoms with E-state index in [-0.39, 0.29) is 0 Å². The van der Waals surface area contributed by atoms with Crippen molar-refractivity contribution < 1.29 is 4.74 Å². The summed E-state index contributed by atoms with van der Waals surface area (Å²) in [6, 6.07) is 8.07. The molecule has 0 atom stereocenters. The molecule has 0 amide bonds. The lowest BCUT2D eigenvalue weighted by atomic mass is 10.3. The summed E-state index contributed by atoms with van der Waals surface area (Å²) in [6.07, 6.45) is 0. The Balaban J connectivity index is 1.97. The maximum absolute atomic E-state index is 5.54. The van der Waals surface area contributed by atoms with E-state index in [2.05, 4.69) is 23.3 Å². The van der Waals surface area contributed by atoms with Crippen LogP contribution in [0.1, 0.15) is 6.92 Å². The average molecular weight is 222 g/mol. The number of likely N-dealkylation sites (N-methyl/N-ethyl adjacent to an activating group) is 1. The first-order chi connectivity index (χ1) is 7.40. The monoisotopic (exact) mass is 222 g/mol. The Bertz CT molecular complexity index is 394. The molecule has 0 fully saturated rings. The van der Waals surface area contributed by atoms with E-state index in [1.54, 1.807) is 11.3 Å². The highest BCUT2D eigenvalue weighted by molar-refractivity contribution is 7.20. The fraction of sp³-hybridized carbons (Fsp3) is 0.364. The number of nitrogens with one attached hydrogen (secondary N) is 1. The van der Waals surface area contributed by atoms with Crippen molar-refractivity contribution in [2.45, 2.75) is 6.92 Å². The molecule has 0 unspecified atom stereocenters. The first-order valence-corrected chi connectivity index (χ1v) is 5.91. The van der Waals surface area contributed by atoms with E-state index < -0.39 is 0 Å². The predicted octanol–water partition coefficient (Wildman–Crippen LogP) is 2.28. The standard InChI is InChI=1S/C11H14N2OS/c1-2-12-7-8-14-11-13-9-5-3-4-6-10(9)15-11/h3-6,12H,2,7-8H2,1H3. The van der Waals surface area contributed by atoms with Gasteiger partial charge in [-0.15, -0.1) is 0 Å². The summed E-state index contributed by atoms with van der Waals surface area (Å²) in [5.41, 5.74) is 1.01. The third kappa shape index (κ3) is 2.67. The molecule has 80 valence electrons. The summed E-state index contributed by atoms with van der Waals surface area (Å²) in [6.45, 7) is 4.60. The predicted molar refractivity (Wildman–Crippen MR) is 63.7 cm³/mol. The molecule has 0 radical (unpaired) electrons. The van der Waals surface area contributed by atoms with Crippen LogP contribution in [-0.2, 0) is 0 Å². The van der Waals surface area contributed by atoms with Gasteiger partial charge in [0.15, 0.2) is 0 Å². The molecule has 0 spiro atoms. The Labute approximate surface area is 93.1 Å². The highest BCUT2D eigenvalue weighted by Gasteiger charge is 2.02. The van der Waals surface area contributed by atoms with Gasteiger partial charge in [-0.3, -0.25) is 0 Å². The molecule has 1 N–H and O–H groups in total. The molecule has 4 heteroatoms.